The summed E-state index contributed by atoms with van der Waals surface area (Å²) in [5, 5.41) is 17.2. The number of β-amino-alcohol motifs (C(OH)–C–C–N with tert-alkyl or cyclic N) is 1. The molecule has 2 rings (SSSR count). The molecular weight excluding hydrogens is 456 g/mol. The Morgan fingerprint density at radius 3 is 2.24 bits per heavy atom. The van der Waals surface area contributed by atoms with E-state index in [4.69, 9.17) is 28.9 Å². The zero-order chi connectivity index (χ0) is 20.0. The molecule has 0 saturated heterocycles. The van der Waals surface area contributed by atoms with Crippen LogP contribution in [0.2, 0.25) is 10.0 Å². The fraction of sp³-hybridized carbons (Fsp3) is 0.350. The Labute approximate surface area is 194 Å². The van der Waals surface area contributed by atoms with E-state index in [-0.39, 0.29) is 37.3 Å². The maximum absolute atomic E-state index is 12.1. The molecular formula is C20H27Cl4N3O2. The van der Waals surface area contributed by atoms with E-state index in [0.29, 0.717) is 34.3 Å². The number of aliphatic hydroxyl groups is 1. The highest BCUT2D eigenvalue weighted by molar-refractivity contribution is 6.38. The number of nitrogens with two attached hydrogens (primary N) is 1. The van der Waals surface area contributed by atoms with E-state index in [0.717, 1.165) is 5.56 Å². The summed E-state index contributed by atoms with van der Waals surface area (Å²) in [6.45, 7) is 4.60. The van der Waals surface area contributed by atoms with E-state index >= 15 is 0 Å². The van der Waals surface area contributed by atoms with E-state index in [1.54, 1.807) is 12.1 Å². The molecule has 0 aromatic heterocycles. The smallest absolute Gasteiger partial charge is 0.224 e. The SMILES string of the molecule is CC(C)(CNC(=O)Cc1ccccc1)NCC(O)c1cc(Cl)c(N)c(Cl)c1.Cl.Cl. The van der Waals surface area contributed by atoms with Gasteiger partial charge in [0.15, 0.2) is 0 Å². The van der Waals surface area contributed by atoms with Crippen LogP contribution in [0, 0.1) is 0 Å². The summed E-state index contributed by atoms with van der Waals surface area (Å²) < 4.78 is 0. The molecule has 0 bridgehead atoms. The van der Waals surface area contributed by atoms with Gasteiger partial charge in [0.25, 0.3) is 0 Å². The van der Waals surface area contributed by atoms with Crippen LogP contribution in [0.15, 0.2) is 42.5 Å². The fourth-order valence-corrected chi connectivity index (χ4v) is 3.02. The topological polar surface area (TPSA) is 87.4 Å². The van der Waals surface area contributed by atoms with Crippen molar-refractivity contribution in [1.82, 2.24) is 10.6 Å². The van der Waals surface area contributed by atoms with Crippen molar-refractivity contribution in [3.8, 4) is 0 Å². The van der Waals surface area contributed by atoms with Gasteiger partial charge in [-0.15, -0.1) is 24.8 Å². The summed E-state index contributed by atoms with van der Waals surface area (Å²) in [6.07, 6.45) is -0.470. The average molecular weight is 483 g/mol. The Balaban J connectivity index is 0.00000392. The lowest BCUT2D eigenvalue weighted by atomic mass is 10.0. The number of nitrogens with one attached hydrogen (secondary N) is 2. The first-order chi connectivity index (χ1) is 12.7. The minimum atomic E-state index is -0.806. The maximum atomic E-state index is 12.1. The largest absolute Gasteiger partial charge is 0.396 e. The van der Waals surface area contributed by atoms with E-state index in [2.05, 4.69) is 10.6 Å². The van der Waals surface area contributed by atoms with E-state index < -0.39 is 11.6 Å². The van der Waals surface area contributed by atoms with Crippen LogP contribution in [0.1, 0.15) is 31.1 Å². The Morgan fingerprint density at radius 2 is 1.69 bits per heavy atom. The zero-order valence-electron chi connectivity index (χ0n) is 16.2. The van der Waals surface area contributed by atoms with Gasteiger partial charge in [0, 0.05) is 18.6 Å². The maximum Gasteiger partial charge on any atom is 0.224 e. The number of carbonyl (C=O) groups excluding carboxylic acids is 1. The number of carbonyl (C=O) groups is 1. The van der Waals surface area contributed by atoms with Crippen molar-refractivity contribution in [3.63, 3.8) is 0 Å². The van der Waals surface area contributed by atoms with Crippen molar-refractivity contribution < 1.29 is 9.90 Å². The molecule has 0 spiro atoms. The van der Waals surface area contributed by atoms with Crippen molar-refractivity contribution in [2.75, 3.05) is 18.8 Å². The summed E-state index contributed by atoms with van der Waals surface area (Å²) in [7, 11) is 0. The van der Waals surface area contributed by atoms with Crippen LogP contribution < -0.4 is 16.4 Å². The van der Waals surface area contributed by atoms with Crippen LogP contribution in [0.4, 0.5) is 5.69 Å². The van der Waals surface area contributed by atoms with Crippen molar-refractivity contribution >= 4 is 59.6 Å². The standard InChI is InChI=1S/C20H25Cl2N3O2.2ClH/c1-20(2,12-24-18(27)8-13-6-4-3-5-7-13)25-11-17(26)14-9-15(21)19(23)16(22)10-14;;/h3-7,9-10,17,25-26H,8,11-12,23H2,1-2H3,(H,24,27);2*1H. The van der Waals surface area contributed by atoms with Crippen LogP contribution in [-0.2, 0) is 11.2 Å². The second-order valence-electron chi connectivity index (χ2n) is 7.12. The van der Waals surface area contributed by atoms with E-state index in [1.807, 2.05) is 44.2 Å². The second kappa shape index (κ2) is 12.5. The first-order valence-corrected chi connectivity index (χ1v) is 9.41. The number of halogens is 4. The molecule has 0 aliphatic heterocycles. The molecule has 2 aromatic carbocycles. The number of nitrogen functional groups attached to an aromatic ring is 1. The summed E-state index contributed by atoms with van der Waals surface area (Å²) >= 11 is 12.0. The number of hydrogen-bond donors (Lipinski definition) is 4. The van der Waals surface area contributed by atoms with Crippen LogP contribution in [0.5, 0.6) is 0 Å². The highest BCUT2D eigenvalue weighted by atomic mass is 35.5. The molecule has 0 fully saturated rings. The molecule has 0 aliphatic rings. The first-order valence-electron chi connectivity index (χ1n) is 8.66. The minimum absolute atomic E-state index is 0. The molecule has 0 radical (unpaired) electrons. The molecule has 2 aromatic rings. The van der Waals surface area contributed by atoms with Gasteiger partial charge >= 0.3 is 0 Å². The Kier molecular flexibility index (Phi) is 12.0. The third-order valence-corrected chi connectivity index (χ3v) is 4.82. The predicted molar refractivity (Wildman–Crippen MR) is 126 cm³/mol. The number of benzene rings is 2. The van der Waals surface area contributed by atoms with Gasteiger partial charge in [-0.05, 0) is 37.1 Å². The highest BCUT2D eigenvalue weighted by Gasteiger charge is 2.21. The van der Waals surface area contributed by atoms with E-state index in [1.165, 1.54) is 0 Å². The number of anilines is 1. The van der Waals surface area contributed by atoms with Crippen molar-refractivity contribution in [2.24, 2.45) is 0 Å². The molecule has 0 heterocycles. The molecule has 9 heteroatoms. The lowest BCUT2D eigenvalue weighted by molar-refractivity contribution is -0.120. The van der Waals surface area contributed by atoms with Crippen molar-refractivity contribution in [3.05, 3.63) is 63.6 Å². The van der Waals surface area contributed by atoms with Gasteiger partial charge in [0.2, 0.25) is 5.91 Å². The highest BCUT2D eigenvalue weighted by Crippen LogP contribution is 2.31. The zero-order valence-corrected chi connectivity index (χ0v) is 19.4. The van der Waals surface area contributed by atoms with Crippen molar-refractivity contribution in [1.29, 1.82) is 0 Å². The van der Waals surface area contributed by atoms with E-state index in [9.17, 15) is 9.90 Å². The second-order valence-corrected chi connectivity index (χ2v) is 7.93. The van der Waals surface area contributed by atoms with Gasteiger partial charge in [-0.1, -0.05) is 53.5 Å². The number of aliphatic hydroxyl groups excluding tert-OH is 1. The van der Waals surface area contributed by atoms with Crippen molar-refractivity contribution in [2.45, 2.75) is 31.9 Å². The Hall–Kier alpha value is -1.21. The molecule has 0 aliphatic carbocycles. The molecule has 1 unspecified atom stereocenters. The fourth-order valence-electron chi connectivity index (χ4n) is 2.51. The van der Waals surface area contributed by atoms with Gasteiger partial charge in [0.05, 0.1) is 28.3 Å². The normalized spacial score (nSPS) is 11.8. The number of rotatable bonds is 8. The summed E-state index contributed by atoms with van der Waals surface area (Å²) in [6, 6.07) is 12.8. The molecule has 1 atom stereocenters. The quantitative estimate of drug-likeness (QED) is 0.425. The molecule has 0 saturated carbocycles. The Morgan fingerprint density at radius 1 is 1.14 bits per heavy atom. The first kappa shape index (κ1) is 27.8. The lowest BCUT2D eigenvalue weighted by Crippen LogP contribution is -2.50. The molecule has 162 valence electrons. The van der Waals surface area contributed by atoms with Gasteiger partial charge in [0.1, 0.15) is 0 Å². The van der Waals surface area contributed by atoms with Gasteiger partial charge < -0.3 is 21.5 Å². The third-order valence-electron chi connectivity index (χ3n) is 4.20. The average Bonchev–Trinajstić information content (AvgIpc) is 2.63. The molecule has 29 heavy (non-hydrogen) atoms. The number of hydrogen-bond acceptors (Lipinski definition) is 4. The van der Waals surface area contributed by atoms with Crippen LogP contribution in [-0.4, -0.2) is 29.6 Å². The van der Waals surface area contributed by atoms with Gasteiger partial charge in [-0.3, -0.25) is 4.79 Å². The lowest BCUT2D eigenvalue weighted by Gasteiger charge is -2.28. The third kappa shape index (κ3) is 8.99. The van der Waals surface area contributed by atoms with Gasteiger partial charge in [-0.2, -0.15) is 0 Å². The number of amides is 1. The van der Waals surface area contributed by atoms with Crippen LogP contribution in [0.3, 0.4) is 0 Å². The molecule has 1 amide bonds. The van der Waals surface area contributed by atoms with Crippen LogP contribution in [0.25, 0.3) is 0 Å². The summed E-state index contributed by atoms with van der Waals surface area (Å²) in [5.41, 5.74) is 7.15. The monoisotopic (exact) mass is 481 g/mol. The minimum Gasteiger partial charge on any atom is -0.396 e. The Bertz CT molecular complexity index is 766. The molecule has 5 nitrogen and oxygen atoms in total. The predicted octanol–water partition coefficient (Wildman–Crippen LogP) is 4.18. The summed E-state index contributed by atoms with van der Waals surface area (Å²) in [5.74, 6) is -0.0475. The van der Waals surface area contributed by atoms with Crippen LogP contribution >= 0.6 is 48.0 Å². The van der Waals surface area contributed by atoms with Gasteiger partial charge in [-0.25, -0.2) is 0 Å². The molecule has 5 N–H and O–H groups in total. The summed E-state index contributed by atoms with van der Waals surface area (Å²) in [4.78, 5) is 12.1.